The molecule has 0 saturated heterocycles. The average Bonchev–Trinajstić information content (AvgIpc) is 3.78. The van der Waals surface area contributed by atoms with Gasteiger partial charge >= 0.3 is 11.9 Å². The highest BCUT2D eigenvalue weighted by molar-refractivity contribution is 5.98. The first kappa shape index (κ1) is 71.2. The van der Waals surface area contributed by atoms with E-state index < -0.39 is 5.97 Å². The Morgan fingerprint density at radius 3 is 1.68 bits per heavy atom. The zero-order chi connectivity index (χ0) is 57.0. The van der Waals surface area contributed by atoms with Crippen LogP contribution in [0.15, 0.2) is 145 Å². The summed E-state index contributed by atoms with van der Waals surface area (Å²) in [6.45, 7) is 15.0. The number of hydrogen-bond donors (Lipinski definition) is 2. The summed E-state index contributed by atoms with van der Waals surface area (Å²) in [5.41, 5.74) is 5.37. The van der Waals surface area contributed by atoms with E-state index in [0.717, 1.165) is 93.0 Å². The third-order valence-electron chi connectivity index (χ3n) is 11.2. The lowest BCUT2D eigenvalue weighted by Crippen LogP contribution is -2.14. The van der Waals surface area contributed by atoms with Crippen LogP contribution in [0.1, 0.15) is 177 Å². The number of phenolic OH excluding ortho intramolecular Hbond substituents is 1. The summed E-state index contributed by atoms with van der Waals surface area (Å²) in [5, 5.41) is 17.6. The van der Waals surface area contributed by atoms with Crippen molar-refractivity contribution in [2.24, 2.45) is 5.92 Å². The van der Waals surface area contributed by atoms with Crippen molar-refractivity contribution in [3.8, 4) is 17.2 Å². The van der Waals surface area contributed by atoms with Crippen molar-refractivity contribution in [1.29, 1.82) is 0 Å². The van der Waals surface area contributed by atoms with Crippen LogP contribution in [0.3, 0.4) is 0 Å². The number of hydrogen-bond acceptors (Lipinski definition) is 11. The molecule has 418 valence electrons. The first-order valence-electron chi connectivity index (χ1n) is 26.8. The van der Waals surface area contributed by atoms with Crippen molar-refractivity contribution >= 4 is 36.4 Å². The minimum Gasteiger partial charge on any atom is -0.507 e. The van der Waals surface area contributed by atoms with Crippen LogP contribution in [0.2, 0.25) is 0 Å². The van der Waals surface area contributed by atoms with E-state index in [4.69, 9.17) is 24.4 Å². The van der Waals surface area contributed by atoms with Gasteiger partial charge in [0, 0.05) is 18.4 Å². The third-order valence-corrected chi connectivity index (χ3v) is 11.2. The van der Waals surface area contributed by atoms with E-state index in [2.05, 4.69) is 56.7 Å². The third kappa shape index (κ3) is 37.8. The number of aromatic hydroxyl groups is 1. The summed E-state index contributed by atoms with van der Waals surface area (Å²) >= 11 is 0. The molecule has 0 aliphatic heterocycles. The van der Waals surface area contributed by atoms with Crippen molar-refractivity contribution in [3.05, 3.63) is 167 Å². The molecule has 0 heterocycles. The predicted molar refractivity (Wildman–Crippen MR) is 312 cm³/mol. The first-order valence-corrected chi connectivity index (χ1v) is 26.8. The second kappa shape index (κ2) is 50.3. The number of aliphatic hydroxyl groups excluding tert-OH is 1. The Morgan fingerprint density at radius 2 is 1.22 bits per heavy atom. The van der Waals surface area contributed by atoms with Crippen molar-refractivity contribution < 1.29 is 53.1 Å². The van der Waals surface area contributed by atoms with E-state index in [1.54, 1.807) is 50.6 Å². The standard InChI is InChI=1S/C11H20O2.C11H16O.C10H12O.C10H20O.C8H8O3.C8H8O2.C7H8O/c1-4-6-7-8-9-13-11(12)10(3)5-2;1-3-4-5-6-10-9(2)7-8-11(10)12;1-3-4-9-5-7-10(11-2)8-6-9;1-2-3-4-5-6-7-8-9-10-11;1-11-8(10)6-4-2-3-5-7(6)9;1-10-8-4-2-7(6-9)3-5-8;8-6-7-4-2-1-3-5-7/h6-7,10H,4-5,8-9H2,1-3H3;4-5H,3,6-8H2,1-2H3;3-8H,1-2H3;10H,2-9H2,1H3;2-5,9H,1H3;2-6H,1H3;1-5,8H,6H2/b7-6-;5-4-;4-3+;;;;. The number of esters is 2. The second-order valence-corrected chi connectivity index (χ2v) is 17.3. The number of allylic oxidation sites excluding steroid dienone is 6. The number of rotatable bonds is 23. The quantitative estimate of drug-likeness (QED) is 0.0315. The Kier molecular flexibility index (Phi) is 47.2. The number of methoxy groups -OCH3 is 3. The molecule has 0 saturated carbocycles. The highest BCUT2D eigenvalue weighted by Crippen LogP contribution is 2.25. The van der Waals surface area contributed by atoms with Crippen molar-refractivity contribution in [2.75, 3.05) is 27.9 Å². The molecule has 76 heavy (non-hydrogen) atoms. The molecule has 1 unspecified atom stereocenters. The van der Waals surface area contributed by atoms with Crippen LogP contribution in [0.25, 0.3) is 6.08 Å². The van der Waals surface area contributed by atoms with Gasteiger partial charge in [0.2, 0.25) is 0 Å². The maximum Gasteiger partial charge on any atom is 0.341 e. The Bertz CT molecular complexity index is 2210. The Balaban J connectivity index is 0. The van der Waals surface area contributed by atoms with Crippen LogP contribution in [0.4, 0.5) is 0 Å². The molecule has 1 atom stereocenters. The molecule has 0 bridgehead atoms. The number of benzene rings is 4. The summed E-state index contributed by atoms with van der Waals surface area (Å²) < 4.78 is 19.4. The average molecular weight is 1050 g/mol. The van der Waals surface area contributed by atoms with E-state index >= 15 is 0 Å². The van der Waals surface area contributed by atoms with Crippen molar-refractivity contribution in [1.82, 2.24) is 0 Å². The molecule has 1 aliphatic rings. The minimum atomic E-state index is -0.525. The Morgan fingerprint density at radius 1 is 0.671 bits per heavy atom. The smallest absolute Gasteiger partial charge is 0.341 e. The zero-order valence-electron chi connectivity index (χ0n) is 47.6. The van der Waals surface area contributed by atoms with Crippen LogP contribution in [-0.4, -0.2) is 68.4 Å². The molecule has 5 rings (SSSR count). The number of ketones is 1. The lowest BCUT2D eigenvalue weighted by atomic mass is 10.1. The Labute approximate surface area is 457 Å². The van der Waals surface area contributed by atoms with Crippen LogP contribution < -0.4 is 9.47 Å². The fourth-order valence-electron chi connectivity index (χ4n) is 6.43. The summed E-state index contributed by atoms with van der Waals surface area (Å²) in [5.74, 6) is 1.40. The van der Waals surface area contributed by atoms with Gasteiger partial charge in [0.25, 0.3) is 0 Å². The molecule has 0 amide bonds. The molecule has 2 N–H and O–H groups in total. The van der Waals surface area contributed by atoms with E-state index in [9.17, 15) is 24.0 Å². The van der Waals surface area contributed by atoms with E-state index in [1.807, 2.05) is 87.5 Å². The van der Waals surface area contributed by atoms with Crippen LogP contribution in [0.5, 0.6) is 17.2 Å². The molecule has 4 aromatic carbocycles. The summed E-state index contributed by atoms with van der Waals surface area (Å²) in [6, 6.07) is 30.7. The number of carbonyl (C=O) groups excluding carboxylic acids is 5. The maximum atomic E-state index is 11.3. The number of ether oxygens (including phenoxy) is 4. The lowest BCUT2D eigenvalue weighted by molar-refractivity contribution is -0.147. The number of para-hydroxylation sites is 1. The molecule has 11 heteroatoms. The van der Waals surface area contributed by atoms with Gasteiger partial charge in [-0.2, -0.15) is 0 Å². The molecule has 11 nitrogen and oxygen atoms in total. The monoisotopic (exact) mass is 1050 g/mol. The number of carbonyl (C=O) groups is 5. The Hall–Kier alpha value is -6.85. The predicted octanol–water partition coefficient (Wildman–Crippen LogP) is 15.9. The van der Waals surface area contributed by atoms with Gasteiger partial charge in [0.15, 0.2) is 5.78 Å². The van der Waals surface area contributed by atoms with Gasteiger partial charge in [-0.05, 0) is 124 Å². The normalized spacial score (nSPS) is 11.5. The number of aldehydes is 2. The van der Waals surface area contributed by atoms with Crippen LogP contribution in [-0.2, 0) is 30.5 Å². The van der Waals surface area contributed by atoms with Crippen molar-refractivity contribution in [2.45, 2.75) is 151 Å². The zero-order valence-corrected chi connectivity index (χ0v) is 47.6. The fraction of sp³-hybridized carbons (Fsp3) is 0.431. The molecular weight excluding hydrogens is 957 g/mol. The molecule has 0 aromatic heterocycles. The molecule has 0 radical (unpaired) electrons. The van der Waals surface area contributed by atoms with E-state index in [-0.39, 0.29) is 29.8 Å². The van der Waals surface area contributed by atoms with Gasteiger partial charge in [-0.1, -0.05) is 170 Å². The molecule has 0 spiro atoms. The molecule has 0 fully saturated rings. The van der Waals surface area contributed by atoms with Gasteiger partial charge in [-0.25, -0.2) is 4.79 Å². The highest BCUT2D eigenvalue weighted by Gasteiger charge is 2.18. The van der Waals surface area contributed by atoms with Gasteiger partial charge in [0.1, 0.15) is 35.4 Å². The van der Waals surface area contributed by atoms with Gasteiger partial charge < -0.3 is 34.0 Å². The maximum absolute atomic E-state index is 11.3. The summed E-state index contributed by atoms with van der Waals surface area (Å²) in [7, 11) is 4.54. The summed E-state index contributed by atoms with van der Waals surface area (Å²) in [4.78, 5) is 53.4. The first-order chi connectivity index (χ1) is 36.8. The van der Waals surface area contributed by atoms with Gasteiger partial charge in [-0.15, -0.1) is 0 Å². The number of aliphatic hydroxyl groups is 1. The van der Waals surface area contributed by atoms with Crippen molar-refractivity contribution in [3.63, 3.8) is 0 Å². The molecule has 1 aliphatic carbocycles. The largest absolute Gasteiger partial charge is 0.507 e. The lowest BCUT2D eigenvalue weighted by Gasteiger charge is -2.07. The number of Topliss-reactive ketones (excluding diaryl/α,β-unsaturated/α-hetero) is 1. The number of unbranched alkanes of at least 4 members (excludes halogenated alkanes) is 7. The minimum absolute atomic E-state index is 0.0372. The van der Waals surface area contributed by atoms with Gasteiger partial charge in [-0.3, -0.25) is 14.4 Å². The highest BCUT2D eigenvalue weighted by atomic mass is 16.5. The van der Waals surface area contributed by atoms with Crippen LogP contribution >= 0.6 is 0 Å². The van der Waals surface area contributed by atoms with Gasteiger partial charge in [0.05, 0.1) is 40.5 Å². The molecule has 4 aromatic rings. The SMILES string of the molecule is C/C=C/c1ccc(OC)cc1.CC/C=C\CC1=C(C)CCC1=O.CC/C=C\CCOC(=O)C(C)CC.CCCCCCCCCC=O.COC(=O)c1ccccc1O.COc1ccc(C=O)cc1.OCc1ccccc1. The topological polar surface area (TPSA) is 163 Å². The second-order valence-electron chi connectivity index (χ2n) is 17.3. The van der Waals surface area contributed by atoms with E-state index in [1.165, 1.54) is 68.9 Å². The van der Waals surface area contributed by atoms with Crippen LogP contribution in [0, 0.1) is 5.92 Å². The fourth-order valence-corrected chi connectivity index (χ4v) is 6.43. The van der Waals surface area contributed by atoms with E-state index in [0.29, 0.717) is 18.0 Å². The summed E-state index contributed by atoms with van der Waals surface area (Å²) in [6.07, 6.45) is 30.4. The molecular formula is C65H92O11. The number of phenols is 1.